The average Bonchev–Trinajstić information content (AvgIpc) is 2.91. The quantitative estimate of drug-likeness (QED) is 0.793. The molecule has 0 amide bonds. The molecular weight excluding hydrogens is 281 g/mol. The van der Waals surface area contributed by atoms with E-state index < -0.39 is 0 Å². The zero-order valence-electron chi connectivity index (χ0n) is 13.2. The SMILES string of the molecule is Cn1cnc(COc2cccc(B3OCC(C)(C)CO3)c2)n1. The van der Waals surface area contributed by atoms with Crippen LogP contribution in [0.1, 0.15) is 19.7 Å². The van der Waals surface area contributed by atoms with E-state index in [-0.39, 0.29) is 12.5 Å². The zero-order chi connectivity index (χ0) is 15.6. The van der Waals surface area contributed by atoms with E-state index in [9.17, 15) is 0 Å². The molecular formula is C15H20BN3O3. The molecule has 0 N–H and O–H groups in total. The summed E-state index contributed by atoms with van der Waals surface area (Å²) in [6, 6.07) is 7.75. The molecule has 0 aliphatic carbocycles. The lowest BCUT2D eigenvalue weighted by atomic mass is 9.76. The lowest BCUT2D eigenvalue weighted by Crippen LogP contribution is -2.47. The Balaban J connectivity index is 1.62. The maximum absolute atomic E-state index is 5.79. The lowest BCUT2D eigenvalue weighted by Gasteiger charge is -2.33. The second-order valence-corrected chi connectivity index (χ2v) is 6.31. The maximum Gasteiger partial charge on any atom is 0.494 e. The van der Waals surface area contributed by atoms with E-state index in [0.717, 1.165) is 11.2 Å². The molecule has 0 spiro atoms. The Bertz CT molecular complexity index is 634. The van der Waals surface area contributed by atoms with Gasteiger partial charge in [-0.15, -0.1) is 0 Å². The Morgan fingerprint density at radius 3 is 2.77 bits per heavy atom. The molecule has 2 heterocycles. The van der Waals surface area contributed by atoms with Crippen molar-refractivity contribution in [3.63, 3.8) is 0 Å². The predicted molar refractivity (Wildman–Crippen MR) is 82.9 cm³/mol. The first-order chi connectivity index (χ1) is 10.5. The first-order valence-electron chi connectivity index (χ1n) is 7.32. The fourth-order valence-corrected chi connectivity index (χ4v) is 2.23. The summed E-state index contributed by atoms with van der Waals surface area (Å²) in [6.07, 6.45) is 1.65. The number of hydrogen-bond donors (Lipinski definition) is 0. The molecule has 1 saturated heterocycles. The maximum atomic E-state index is 5.79. The first-order valence-corrected chi connectivity index (χ1v) is 7.32. The van der Waals surface area contributed by atoms with Crippen LogP contribution in [0.3, 0.4) is 0 Å². The predicted octanol–water partition coefficient (Wildman–Crippen LogP) is 1.16. The number of ether oxygens (including phenoxy) is 1. The van der Waals surface area contributed by atoms with Crippen LogP contribution in [-0.4, -0.2) is 35.1 Å². The van der Waals surface area contributed by atoms with Gasteiger partial charge in [0.1, 0.15) is 18.7 Å². The molecule has 7 heteroatoms. The summed E-state index contributed by atoms with van der Waals surface area (Å²) in [5.74, 6) is 1.40. The van der Waals surface area contributed by atoms with E-state index in [1.807, 2.05) is 31.3 Å². The van der Waals surface area contributed by atoms with Gasteiger partial charge >= 0.3 is 7.12 Å². The summed E-state index contributed by atoms with van der Waals surface area (Å²) in [6.45, 7) is 5.95. The van der Waals surface area contributed by atoms with Crippen molar-refractivity contribution in [3.8, 4) is 5.75 Å². The van der Waals surface area contributed by atoms with Crippen LogP contribution in [0.4, 0.5) is 0 Å². The van der Waals surface area contributed by atoms with Gasteiger partial charge in [-0.05, 0) is 17.6 Å². The fourth-order valence-electron chi connectivity index (χ4n) is 2.23. The molecule has 116 valence electrons. The number of aromatic nitrogens is 3. The van der Waals surface area contributed by atoms with Crippen molar-refractivity contribution in [1.29, 1.82) is 0 Å². The largest absolute Gasteiger partial charge is 0.494 e. The van der Waals surface area contributed by atoms with Gasteiger partial charge in [0.05, 0.1) is 0 Å². The fraction of sp³-hybridized carbons (Fsp3) is 0.467. The second-order valence-electron chi connectivity index (χ2n) is 6.31. The smallest absolute Gasteiger partial charge is 0.486 e. The van der Waals surface area contributed by atoms with Crippen molar-refractivity contribution >= 4 is 12.6 Å². The summed E-state index contributed by atoms with van der Waals surface area (Å²) < 4.78 is 19.0. The molecule has 0 radical (unpaired) electrons. The van der Waals surface area contributed by atoms with E-state index in [4.69, 9.17) is 14.0 Å². The Hall–Kier alpha value is -1.86. The Kier molecular flexibility index (Phi) is 4.17. The summed E-state index contributed by atoms with van der Waals surface area (Å²) >= 11 is 0. The van der Waals surface area contributed by atoms with Gasteiger partial charge in [-0.3, -0.25) is 4.68 Å². The third-order valence-electron chi connectivity index (χ3n) is 3.40. The Morgan fingerprint density at radius 2 is 2.09 bits per heavy atom. The highest BCUT2D eigenvalue weighted by atomic mass is 16.6. The van der Waals surface area contributed by atoms with Crippen molar-refractivity contribution < 1.29 is 14.0 Å². The minimum atomic E-state index is -0.329. The molecule has 3 rings (SSSR count). The topological polar surface area (TPSA) is 58.4 Å². The highest BCUT2D eigenvalue weighted by molar-refractivity contribution is 6.61. The monoisotopic (exact) mass is 301 g/mol. The van der Waals surface area contributed by atoms with Gasteiger partial charge in [-0.2, -0.15) is 5.10 Å². The molecule has 0 bridgehead atoms. The molecule has 1 aliphatic rings. The van der Waals surface area contributed by atoms with Gasteiger partial charge < -0.3 is 14.0 Å². The third-order valence-corrected chi connectivity index (χ3v) is 3.40. The normalized spacial score (nSPS) is 17.5. The highest BCUT2D eigenvalue weighted by Gasteiger charge is 2.33. The zero-order valence-corrected chi connectivity index (χ0v) is 13.2. The van der Waals surface area contributed by atoms with E-state index in [1.54, 1.807) is 11.0 Å². The highest BCUT2D eigenvalue weighted by Crippen LogP contribution is 2.22. The van der Waals surface area contributed by atoms with Gasteiger partial charge in [-0.1, -0.05) is 26.0 Å². The van der Waals surface area contributed by atoms with Gasteiger partial charge in [0.2, 0.25) is 0 Å². The molecule has 1 fully saturated rings. The standard InChI is InChI=1S/C15H20BN3O3/c1-15(2)9-21-16(22-10-15)12-5-4-6-13(7-12)20-8-14-17-11-19(3)18-14/h4-7,11H,8-10H2,1-3H3. The number of nitrogens with zero attached hydrogens (tertiary/aromatic N) is 3. The lowest BCUT2D eigenvalue weighted by molar-refractivity contribution is 0.0343. The summed E-state index contributed by atoms with van der Waals surface area (Å²) in [4.78, 5) is 4.14. The third kappa shape index (κ3) is 3.67. The molecule has 6 nitrogen and oxygen atoms in total. The van der Waals surface area contributed by atoms with Crippen molar-refractivity contribution in [1.82, 2.24) is 14.8 Å². The number of hydrogen-bond acceptors (Lipinski definition) is 5. The molecule has 0 atom stereocenters. The van der Waals surface area contributed by atoms with Crippen molar-refractivity contribution in [2.75, 3.05) is 13.2 Å². The number of aryl methyl sites for hydroxylation is 1. The first kappa shape index (κ1) is 15.1. The number of rotatable bonds is 4. The minimum absolute atomic E-state index is 0.0647. The second kappa shape index (κ2) is 6.10. The van der Waals surface area contributed by atoms with Crippen LogP contribution in [0.15, 0.2) is 30.6 Å². The van der Waals surface area contributed by atoms with E-state index in [1.165, 1.54) is 0 Å². The van der Waals surface area contributed by atoms with E-state index in [2.05, 4.69) is 23.9 Å². The van der Waals surface area contributed by atoms with Crippen LogP contribution >= 0.6 is 0 Å². The van der Waals surface area contributed by atoms with Crippen molar-refractivity contribution in [3.05, 3.63) is 36.4 Å². The Labute approximate surface area is 130 Å². The van der Waals surface area contributed by atoms with E-state index in [0.29, 0.717) is 25.6 Å². The van der Waals surface area contributed by atoms with E-state index >= 15 is 0 Å². The Morgan fingerprint density at radius 1 is 1.32 bits per heavy atom. The van der Waals surface area contributed by atoms with Crippen LogP contribution in [0.25, 0.3) is 0 Å². The molecule has 2 aromatic rings. The summed E-state index contributed by atoms with van der Waals surface area (Å²) in [7, 11) is 1.50. The molecule has 1 aromatic heterocycles. The van der Waals surface area contributed by atoms with Crippen LogP contribution in [0, 0.1) is 5.41 Å². The number of benzene rings is 1. The average molecular weight is 301 g/mol. The van der Waals surface area contributed by atoms with Crippen LogP contribution in [-0.2, 0) is 23.0 Å². The van der Waals surface area contributed by atoms with Crippen LogP contribution in [0.2, 0.25) is 0 Å². The van der Waals surface area contributed by atoms with Crippen molar-refractivity contribution in [2.45, 2.75) is 20.5 Å². The molecule has 0 unspecified atom stereocenters. The van der Waals surface area contributed by atoms with Crippen molar-refractivity contribution in [2.24, 2.45) is 12.5 Å². The summed E-state index contributed by atoms with van der Waals surface area (Å²) in [5.41, 5.74) is 1.02. The summed E-state index contributed by atoms with van der Waals surface area (Å²) in [5, 5.41) is 4.19. The molecule has 22 heavy (non-hydrogen) atoms. The van der Waals surface area contributed by atoms with Crippen LogP contribution < -0.4 is 10.2 Å². The van der Waals surface area contributed by atoms with Gasteiger partial charge in [0.15, 0.2) is 5.82 Å². The van der Waals surface area contributed by atoms with Gasteiger partial charge in [-0.25, -0.2) is 4.98 Å². The van der Waals surface area contributed by atoms with Gasteiger partial charge in [0, 0.05) is 25.7 Å². The van der Waals surface area contributed by atoms with Gasteiger partial charge in [0.25, 0.3) is 0 Å². The minimum Gasteiger partial charge on any atom is -0.486 e. The van der Waals surface area contributed by atoms with Crippen LogP contribution in [0.5, 0.6) is 5.75 Å². The molecule has 1 aromatic carbocycles. The molecule has 0 saturated carbocycles. The molecule has 1 aliphatic heterocycles.